The van der Waals surface area contributed by atoms with Crippen molar-refractivity contribution in [3.63, 3.8) is 0 Å². The van der Waals surface area contributed by atoms with E-state index in [1.54, 1.807) is 24.0 Å². The maximum atomic E-state index is 13.8. The average Bonchev–Trinajstić information content (AvgIpc) is 3.31. The molecule has 0 bridgehead atoms. The normalized spacial score (nSPS) is 14.2. The molecule has 1 aliphatic rings. The Morgan fingerprint density at radius 1 is 1.00 bits per heavy atom. The lowest BCUT2D eigenvalue weighted by Crippen LogP contribution is -2.50. The summed E-state index contributed by atoms with van der Waals surface area (Å²) in [4.78, 5) is 34.1. The summed E-state index contributed by atoms with van der Waals surface area (Å²) in [6.07, 6.45) is 1.66. The molecule has 36 heavy (non-hydrogen) atoms. The third-order valence-corrected chi connectivity index (χ3v) is 6.44. The van der Waals surface area contributed by atoms with Crippen molar-refractivity contribution in [3.8, 4) is 11.3 Å². The molecule has 1 N–H and O–H groups in total. The van der Waals surface area contributed by atoms with Gasteiger partial charge >= 0.3 is 0 Å². The molecule has 5 rings (SSSR count). The quantitative estimate of drug-likeness (QED) is 0.453. The molecule has 1 saturated heterocycles. The van der Waals surface area contributed by atoms with Crippen LogP contribution in [0.4, 0.5) is 4.39 Å². The van der Waals surface area contributed by atoms with Crippen molar-refractivity contribution in [3.05, 3.63) is 83.8 Å². The predicted molar refractivity (Wildman–Crippen MR) is 135 cm³/mol. The highest BCUT2D eigenvalue weighted by molar-refractivity contribution is 6.06. The van der Waals surface area contributed by atoms with Crippen molar-refractivity contribution in [1.82, 2.24) is 29.9 Å². The lowest BCUT2D eigenvalue weighted by Gasteiger charge is -2.34. The summed E-state index contributed by atoms with van der Waals surface area (Å²) >= 11 is 0. The van der Waals surface area contributed by atoms with Crippen LogP contribution in [0.2, 0.25) is 0 Å². The molecule has 1 fully saturated rings. The summed E-state index contributed by atoms with van der Waals surface area (Å²) in [5, 5.41) is 7.80. The summed E-state index contributed by atoms with van der Waals surface area (Å²) in [7, 11) is 1.62. The van der Waals surface area contributed by atoms with Gasteiger partial charge in [-0.05, 0) is 23.8 Å². The number of carbonyl (C=O) groups is 2. The van der Waals surface area contributed by atoms with Crippen LogP contribution in [-0.2, 0) is 11.3 Å². The van der Waals surface area contributed by atoms with Crippen molar-refractivity contribution in [1.29, 1.82) is 0 Å². The topological polar surface area (TPSA) is 83.4 Å². The molecule has 0 saturated carbocycles. The minimum absolute atomic E-state index is 0.0381. The monoisotopic (exact) mass is 486 g/mol. The largest absolute Gasteiger partial charge is 0.358 e. The Bertz CT molecular complexity index is 1400. The fourth-order valence-electron chi connectivity index (χ4n) is 4.47. The van der Waals surface area contributed by atoms with E-state index in [2.05, 4.69) is 10.4 Å². The molecule has 2 aromatic carbocycles. The molecule has 8 nitrogen and oxygen atoms in total. The van der Waals surface area contributed by atoms with Gasteiger partial charge in [-0.1, -0.05) is 42.5 Å². The van der Waals surface area contributed by atoms with Gasteiger partial charge in [0.25, 0.3) is 5.91 Å². The van der Waals surface area contributed by atoms with E-state index >= 15 is 0 Å². The van der Waals surface area contributed by atoms with E-state index in [1.165, 1.54) is 12.1 Å². The molecule has 0 atom stereocenters. The summed E-state index contributed by atoms with van der Waals surface area (Å²) in [5.74, 6) is -0.443. The van der Waals surface area contributed by atoms with Gasteiger partial charge < -0.3 is 10.2 Å². The zero-order chi connectivity index (χ0) is 25.1. The molecular weight excluding hydrogens is 459 g/mol. The molecule has 2 aromatic heterocycles. The number of nitrogens with one attached hydrogen (secondary N) is 1. The third kappa shape index (κ3) is 4.96. The Balaban J connectivity index is 1.49. The number of hydrogen-bond acceptors (Lipinski definition) is 5. The standard InChI is InChI=1S/C27H27FN6O2/c1-29-25(35)18-32-10-12-33(13-11-32)27(36)22-15-24(20-7-3-2-4-8-20)31-26-23(22)16-30-34(26)17-19-6-5-9-21(28)14-19/h2-9,14-16H,10-13,17-18H2,1H3,(H,29,35). The van der Waals surface area contributed by atoms with Crippen LogP contribution in [0.15, 0.2) is 66.9 Å². The van der Waals surface area contributed by atoms with Crippen molar-refractivity contribution >= 4 is 22.8 Å². The summed E-state index contributed by atoms with van der Waals surface area (Å²) in [5.41, 5.74) is 3.42. The fourth-order valence-corrected chi connectivity index (χ4v) is 4.47. The second-order valence-corrected chi connectivity index (χ2v) is 8.83. The molecule has 3 heterocycles. The van der Waals surface area contributed by atoms with Crippen LogP contribution < -0.4 is 5.32 Å². The number of nitrogens with zero attached hydrogens (tertiary/aromatic N) is 5. The first-order valence-electron chi connectivity index (χ1n) is 11.9. The number of fused-ring (bicyclic) bond motifs is 1. The molecule has 0 aliphatic carbocycles. The Hall–Kier alpha value is -4.11. The number of likely N-dealkylation sites (N-methyl/N-ethyl adjacent to an activating group) is 1. The molecule has 4 aromatic rings. The van der Waals surface area contributed by atoms with Crippen molar-refractivity contribution in [2.75, 3.05) is 39.8 Å². The Labute approximate surface area is 208 Å². The first-order valence-corrected chi connectivity index (χ1v) is 11.9. The van der Waals surface area contributed by atoms with Gasteiger partial charge in [0.05, 0.1) is 35.9 Å². The predicted octanol–water partition coefficient (Wildman–Crippen LogP) is 2.79. The zero-order valence-electron chi connectivity index (χ0n) is 20.0. The smallest absolute Gasteiger partial charge is 0.254 e. The van der Waals surface area contributed by atoms with Crippen molar-refractivity contribution < 1.29 is 14.0 Å². The first kappa shape index (κ1) is 23.6. The summed E-state index contributed by atoms with van der Waals surface area (Å²) in [6.45, 7) is 2.95. The van der Waals surface area contributed by atoms with E-state index in [0.29, 0.717) is 61.6 Å². The van der Waals surface area contributed by atoms with Crippen LogP contribution in [0.5, 0.6) is 0 Å². The van der Waals surface area contributed by atoms with Gasteiger partial charge in [0.1, 0.15) is 5.82 Å². The number of piperazine rings is 1. The van der Waals surface area contributed by atoms with Gasteiger partial charge in [-0.15, -0.1) is 0 Å². The average molecular weight is 487 g/mol. The Morgan fingerprint density at radius 2 is 1.78 bits per heavy atom. The highest BCUT2D eigenvalue weighted by Crippen LogP contribution is 2.27. The highest BCUT2D eigenvalue weighted by Gasteiger charge is 2.26. The van der Waals surface area contributed by atoms with E-state index in [-0.39, 0.29) is 17.6 Å². The number of halogens is 1. The lowest BCUT2D eigenvalue weighted by molar-refractivity contribution is -0.122. The van der Waals surface area contributed by atoms with Gasteiger partial charge in [0.15, 0.2) is 5.65 Å². The number of amides is 2. The minimum atomic E-state index is -0.312. The van der Waals surface area contributed by atoms with E-state index in [0.717, 1.165) is 11.1 Å². The molecule has 0 spiro atoms. The fraction of sp³-hybridized carbons (Fsp3) is 0.259. The van der Waals surface area contributed by atoms with Gasteiger partial charge in [-0.25, -0.2) is 14.1 Å². The number of hydrogen-bond donors (Lipinski definition) is 1. The van der Waals surface area contributed by atoms with Crippen molar-refractivity contribution in [2.45, 2.75) is 6.54 Å². The van der Waals surface area contributed by atoms with Crippen LogP contribution in [-0.4, -0.2) is 76.2 Å². The van der Waals surface area contributed by atoms with E-state index in [9.17, 15) is 14.0 Å². The van der Waals surface area contributed by atoms with E-state index < -0.39 is 0 Å². The summed E-state index contributed by atoms with van der Waals surface area (Å²) < 4.78 is 15.5. The molecule has 9 heteroatoms. The molecule has 1 aliphatic heterocycles. The molecule has 0 unspecified atom stereocenters. The molecule has 2 amide bonds. The molecule has 184 valence electrons. The summed E-state index contributed by atoms with van der Waals surface area (Å²) in [6, 6.07) is 17.9. The minimum Gasteiger partial charge on any atom is -0.358 e. The SMILES string of the molecule is CNC(=O)CN1CCN(C(=O)c2cc(-c3ccccc3)nc3c2cnn3Cc2cccc(F)c2)CC1. The molecular formula is C27H27FN6O2. The van der Waals surface area contributed by atoms with E-state index in [1.807, 2.05) is 52.3 Å². The Morgan fingerprint density at radius 3 is 2.50 bits per heavy atom. The van der Waals surface area contributed by atoms with E-state index in [4.69, 9.17) is 4.98 Å². The van der Waals surface area contributed by atoms with Gasteiger partial charge in [-0.3, -0.25) is 14.5 Å². The highest BCUT2D eigenvalue weighted by atomic mass is 19.1. The number of rotatable bonds is 6. The lowest BCUT2D eigenvalue weighted by atomic mass is 10.1. The van der Waals surface area contributed by atoms with Gasteiger partial charge in [0.2, 0.25) is 5.91 Å². The van der Waals surface area contributed by atoms with Crippen LogP contribution in [0.1, 0.15) is 15.9 Å². The van der Waals surface area contributed by atoms with Gasteiger partial charge in [0, 0.05) is 38.8 Å². The van der Waals surface area contributed by atoms with Crippen LogP contribution in [0.25, 0.3) is 22.3 Å². The zero-order valence-corrected chi connectivity index (χ0v) is 20.0. The number of pyridine rings is 1. The first-order chi connectivity index (χ1) is 17.5. The van der Waals surface area contributed by atoms with Crippen LogP contribution in [0, 0.1) is 5.82 Å². The van der Waals surface area contributed by atoms with Crippen LogP contribution in [0.3, 0.4) is 0 Å². The second-order valence-electron chi connectivity index (χ2n) is 8.83. The van der Waals surface area contributed by atoms with Gasteiger partial charge in [-0.2, -0.15) is 5.10 Å². The number of carbonyl (C=O) groups excluding carboxylic acids is 2. The third-order valence-electron chi connectivity index (χ3n) is 6.44. The maximum absolute atomic E-state index is 13.8. The maximum Gasteiger partial charge on any atom is 0.254 e. The number of benzene rings is 2. The second kappa shape index (κ2) is 10.2. The van der Waals surface area contributed by atoms with Crippen molar-refractivity contribution in [2.24, 2.45) is 0 Å². The molecule has 0 radical (unpaired) electrons. The number of aromatic nitrogens is 3. The Kier molecular flexibility index (Phi) is 6.73. The van der Waals surface area contributed by atoms with Crippen LogP contribution >= 0.6 is 0 Å².